The molecule has 104 valence electrons. The normalized spacial score (nSPS) is 10.3. The number of nitrogens with one attached hydrogen (secondary N) is 1. The van der Waals surface area contributed by atoms with Crippen molar-refractivity contribution in [2.75, 3.05) is 5.32 Å². The Labute approximate surface area is 121 Å². The molecule has 0 radical (unpaired) electrons. The highest BCUT2D eigenvalue weighted by atomic mass is 16.4. The van der Waals surface area contributed by atoms with Crippen LogP contribution in [0.15, 0.2) is 59.3 Å². The molecule has 0 fully saturated rings. The Balaban J connectivity index is 1.86. The lowest BCUT2D eigenvalue weighted by atomic mass is 10.2. The molecule has 3 aromatic rings. The first kappa shape index (κ1) is 13.1. The summed E-state index contributed by atoms with van der Waals surface area (Å²) >= 11 is 0. The van der Waals surface area contributed by atoms with Gasteiger partial charge in [-0.1, -0.05) is 18.2 Å². The number of amides is 1. The zero-order chi connectivity index (χ0) is 14.7. The van der Waals surface area contributed by atoms with Crippen molar-refractivity contribution in [2.24, 2.45) is 0 Å². The summed E-state index contributed by atoms with van der Waals surface area (Å²) in [6.45, 7) is 1.72. The molecule has 5 heteroatoms. The molecule has 1 amide bonds. The summed E-state index contributed by atoms with van der Waals surface area (Å²) in [5.41, 5.74) is 1.73. The van der Waals surface area contributed by atoms with E-state index in [2.05, 4.69) is 15.3 Å². The van der Waals surface area contributed by atoms with Crippen LogP contribution in [-0.2, 0) is 0 Å². The SMILES string of the molecule is Cc1oc(-c2ccccc2)nc1C(=O)Nc1cccnc1. The van der Waals surface area contributed by atoms with Gasteiger partial charge < -0.3 is 9.73 Å². The number of rotatable bonds is 3. The van der Waals surface area contributed by atoms with Gasteiger partial charge in [0.2, 0.25) is 5.89 Å². The van der Waals surface area contributed by atoms with E-state index in [1.54, 1.807) is 31.5 Å². The number of aromatic nitrogens is 2. The third-order valence-electron chi connectivity index (χ3n) is 2.95. The summed E-state index contributed by atoms with van der Waals surface area (Å²) in [4.78, 5) is 20.4. The predicted octanol–water partition coefficient (Wildman–Crippen LogP) is 3.30. The summed E-state index contributed by atoms with van der Waals surface area (Å²) in [5, 5.41) is 2.74. The molecule has 0 unspecified atom stereocenters. The number of hydrogen-bond acceptors (Lipinski definition) is 4. The van der Waals surface area contributed by atoms with Gasteiger partial charge in [-0.25, -0.2) is 4.98 Å². The third kappa shape index (κ3) is 2.81. The minimum atomic E-state index is -0.313. The average molecular weight is 279 g/mol. The Kier molecular flexibility index (Phi) is 3.47. The molecule has 2 heterocycles. The van der Waals surface area contributed by atoms with Gasteiger partial charge in [0.25, 0.3) is 5.91 Å². The summed E-state index contributed by atoms with van der Waals surface area (Å²) in [6, 6.07) is 13.0. The highest BCUT2D eigenvalue weighted by Crippen LogP contribution is 2.21. The molecule has 0 aliphatic rings. The smallest absolute Gasteiger partial charge is 0.277 e. The lowest BCUT2D eigenvalue weighted by molar-refractivity contribution is 0.102. The van der Waals surface area contributed by atoms with Gasteiger partial charge in [-0.2, -0.15) is 0 Å². The van der Waals surface area contributed by atoms with Gasteiger partial charge in [0.1, 0.15) is 5.76 Å². The fraction of sp³-hybridized carbons (Fsp3) is 0.0625. The Bertz CT molecular complexity index is 752. The van der Waals surface area contributed by atoms with Gasteiger partial charge in [0, 0.05) is 11.8 Å². The molecular formula is C16H13N3O2. The Hall–Kier alpha value is -2.95. The second-order valence-electron chi connectivity index (χ2n) is 4.49. The molecule has 0 bridgehead atoms. The topological polar surface area (TPSA) is 68.0 Å². The number of carbonyl (C=O) groups is 1. The van der Waals surface area contributed by atoms with E-state index >= 15 is 0 Å². The van der Waals surface area contributed by atoms with Gasteiger partial charge in [-0.05, 0) is 31.2 Å². The fourth-order valence-electron chi connectivity index (χ4n) is 1.94. The first-order chi connectivity index (χ1) is 10.2. The minimum absolute atomic E-state index is 0.276. The lowest BCUT2D eigenvalue weighted by Crippen LogP contribution is -2.13. The van der Waals surface area contributed by atoms with Crippen LogP contribution in [0.1, 0.15) is 16.2 Å². The van der Waals surface area contributed by atoms with Crippen molar-refractivity contribution in [3.8, 4) is 11.5 Å². The van der Waals surface area contributed by atoms with Gasteiger partial charge in [-0.15, -0.1) is 0 Å². The van der Waals surface area contributed by atoms with Crippen molar-refractivity contribution in [3.05, 3.63) is 66.3 Å². The van der Waals surface area contributed by atoms with Crippen molar-refractivity contribution >= 4 is 11.6 Å². The van der Waals surface area contributed by atoms with Crippen LogP contribution in [0.4, 0.5) is 5.69 Å². The van der Waals surface area contributed by atoms with Crippen LogP contribution in [0.25, 0.3) is 11.5 Å². The number of oxazole rings is 1. The van der Waals surface area contributed by atoms with Crippen LogP contribution in [0.2, 0.25) is 0 Å². The van der Waals surface area contributed by atoms with Gasteiger partial charge in [0.05, 0.1) is 11.9 Å². The molecule has 2 aromatic heterocycles. The maximum Gasteiger partial charge on any atom is 0.277 e. The molecule has 0 saturated heterocycles. The summed E-state index contributed by atoms with van der Waals surface area (Å²) < 4.78 is 5.57. The van der Waals surface area contributed by atoms with Crippen molar-refractivity contribution in [3.63, 3.8) is 0 Å². The van der Waals surface area contributed by atoms with E-state index < -0.39 is 0 Å². The van der Waals surface area contributed by atoms with Crippen LogP contribution < -0.4 is 5.32 Å². The number of benzene rings is 1. The highest BCUT2D eigenvalue weighted by molar-refractivity contribution is 6.03. The molecule has 0 aliphatic heterocycles. The number of hydrogen-bond donors (Lipinski definition) is 1. The molecule has 3 rings (SSSR count). The van der Waals surface area contributed by atoms with Crippen LogP contribution in [-0.4, -0.2) is 15.9 Å². The number of pyridine rings is 1. The van der Waals surface area contributed by atoms with Crippen molar-refractivity contribution in [2.45, 2.75) is 6.92 Å². The lowest BCUT2D eigenvalue weighted by Gasteiger charge is -2.01. The molecule has 21 heavy (non-hydrogen) atoms. The van der Waals surface area contributed by atoms with E-state index in [9.17, 15) is 4.79 Å². The predicted molar refractivity (Wildman–Crippen MR) is 78.9 cm³/mol. The first-order valence-corrected chi connectivity index (χ1v) is 6.48. The average Bonchev–Trinajstić information content (AvgIpc) is 2.91. The number of nitrogens with zero attached hydrogens (tertiary/aromatic N) is 2. The molecule has 0 spiro atoms. The van der Waals surface area contributed by atoms with Crippen molar-refractivity contribution in [1.29, 1.82) is 0 Å². The Morgan fingerprint density at radius 3 is 2.67 bits per heavy atom. The van der Waals surface area contributed by atoms with Crippen molar-refractivity contribution in [1.82, 2.24) is 9.97 Å². The Morgan fingerprint density at radius 1 is 1.14 bits per heavy atom. The van der Waals surface area contributed by atoms with Crippen LogP contribution >= 0.6 is 0 Å². The standard InChI is InChI=1S/C16H13N3O2/c1-11-14(15(20)18-13-8-5-9-17-10-13)19-16(21-11)12-6-3-2-4-7-12/h2-10H,1H3,(H,18,20). The second-order valence-corrected chi connectivity index (χ2v) is 4.49. The molecule has 0 aliphatic carbocycles. The monoisotopic (exact) mass is 279 g/mol. The van der Waals surface area contributed by atoms with E-state index in [1.807, 2.05) is 30.3 Å². The summed E-state index contributed by atoms with van der Waals surface area (Å²) in [6.07, 6.45) is 3.22. The molecule has 1 aromatic carbocycles. The van der Waals surface area contributed by atoms with Crippen LogP contribution in [0, 0.1) is 6.92 Å². The van der Waals surface area contributed by atoms with E-state index in [-0.39, 0.29) is 11.6 Å². The van der Waals surface area contributed by atoms with Gasteiger partial charge in [-0.3, -0.25) is 9.78 Å². The molecular weight excluding hydrogens is 266 g/mol. The number of aryl methyl sites for hydroxylation is 1. The van der Waals surface area contributed by atoms with E-state index in [1.165, 1.54) is 0 Å². The third-order valence-corrected chi connectivity index (χ3v) is 2.95. The minimum Gasteiger partial charge on any atom is -0.441 e. The van der Waals surface area contributed by atoms with E-state index in [4.69, 9.17) is 4.42 Å². The number of carbonyl (C=O) groups excluding carboxylic acids is 1. The fourth-order valence-corrected chi connectivity index (χ4v) is 1.94. The summed E-state index contributed by atoms with van der Waals surface area (Å²) in [5.74, 6) is 0.603. The maximum atomic E-state index is 12.2. The quantitative estimate of drug-likeness (QED) is 0.798. The molecule has 0 saturated carbocycles. The molecule has 5 nitrogen and oxygen atoms in total. The number of anilines is 1. The molecule has 0 atom stereocenters. The van der Waals surface area contributed by atoms with Crippen molar-refractivity contribution < 1.29 is 9.21 Å². The van der Waals surface area contributed by atoms with Gasteiger partial charge in [0.15, 0.2) is 5.69 Å². The van der Waals surface area contributed by atoms with Crippen LogP contribution in [0.3, 0.4) is 0 Å². The second kappa shape index (κ2) is 5.58. The summed E-state index contributed by atoms with van der Waals surface area (Å²) in [7, 11) is 0. The van der Waals surface area contributed by atoms with Crippen LogP contribution in [0.5, 0.6) is 0 Å². The van der Waals surface area contributed by atoms with E-state index in [0.717, 1.165) is 5.56 Å². The zero-order valence-corrected chi connectivity index (χ0v) is 11.4. The van der Waals surface area contributed by atoms with Gasteiger partial charge >= 0.3 is 0 Å². The van der Waals surface area contributed by atoms with E-state index in [0.29, 0.717) is 17.3 Å². The zero-order valence-electron chi connectivity index (χ0n) is 11.4. The molecule has 1 N–H and O–H groups in total. The largest absolute Gasteiger partial charge is 0.441 e. The highest BCUT2D eigenvalue weighted by Gasteiger charge is 2.18. The maximum absolute atomic E-state index is 12.2. The first-order valence-electron chi connectivity index (χ1n) is 6.48. The Morgan fingerprint density at radius 2 is 1.95 bits per heavy atom.